The average Bonchev–Trinajstić information content (AvgIpc) is 3.32. The number of amides is 2. The van der Waals surface area contributed by atoms with Gasteiger partial charge in [-0.05, 0) is 75.2 Å². The lowest BCUT2D eigenvalue weighted by molar-refractivity contribution is -0.142. The van der Waals surface area contributed by atoms with Crippen LogP contribution in [0.15, 0.2) is 66.7 Å². The number of hydrogen-bond acceptors (Lipinski definition) is 6. The Kier molecular flexibility index (Phi) is 8.67. The number of carbonyl (C=O) groups is 2. The lowest BCUT2D eigenvalue weighted by atomic mass is 10.00. The number of hydrogen-bond donors (Lipinski definition) is 1. The predicted octanol–water partition coefficient (Wildman–Crippen LogP) is 4.66. The molecule has 1 N–H and O–H groups in total. The Morgan fingerprint density at radius 3 is 2.45 bits per heavy atom. The van der Waals surface area contributed by atoms with Crippen molar-refractivity contribution in [1.29, 1.82) is 0 Å². The monoisotopic (exact) mass is 547 g/mol. The summed E-state index contributed by atoms with van der Waals surface area (Å²) in [7, 11) is 1.52. The van der Waals surface area contributed by atoms with Crippen molar-refractivity contribution in [2.75, 3.05) is 13.7 Å². The summed E-state index contributed by atoms with van der Waals surface area (Å²) in [6.07, 6.45) is 0. The molecule has 9 nitrogen and oxygen atoms in total. The molecule has 0 fully saturated rings. The number of halogens is 1. The van der Waals surface area contributed by atoms with Crippen LogP contribution in [0, 0.1) is 5.82 Å². The first kappa shape index (κ1) is 28.5. The molecule has 0 aliphatic heterocycles. The van der Waals surface area contributed by atoms with E-state index in [0.29, 0.717) is 40.3 Å². The van der Waals surface area contributed by atoms with Crippen molar-refractivity contribution in [2.24, 2.45) is 0 Å². The number of nitrogens with one attached hydrogen (secondary N) is 1. The van der Waals surface area contributed by atoms with E-state index >= 15 is 0 Å². The van der Waals surface area contributed by atoms with E-state index in [4.69, 9.17) is 9.47 Å². The van der Waals surface area contributed by atoms with Crippen LogP contribution in [0.2, 0.25) is 0 Å². The molecule has 0 spiro atoms. The van der Waals surface area contributed by atoms with Crippen molar-refractivity contribution >= 4 is 22.8 Å². The minimum Gasteiger partial charge on any atom is -0.493 e. The number of methoxy groups -OCH3 is 1. The molecule has 1 heterocycles. The Balaban J connectivity index is 1.81. The van der Waals surface area contributed by atoms with Gasteiger partial charge in [0.15, 0.2) is 11.5 Å². The molecule has 2 amide bonds. The first-order valence-electron chi connectivity index (χ1n) is 13.0. The van der Waals surface area contributed by atoms with Gasteiger partial charge in [-0.15, -0.1) is 5.10 Å². The maximum Gasteiger partial charge on any atom is 0.247 e. The SMILES string of the molecule is CCOc1ccc([C@@H](C(=O)NC(C)(C)C)N(Cc2ccc(F)cc2)C(=O)Cn2nnc3ccccc32)cc1OC. The second kappa shape index (κ2) is 12.1. The molecule has 0 bridgehead atoms. The van der Waals surface area contributed by atoms with Crippen LogP contribution in [0.4, 0.5) is 4.39 Å². The Morgan fingerprint density at radius 2 is 1.77 bits per heavy atom. The summed E-state index contributed by atoms with van der Waals surface area (Å²) in [5, 5.41) is 11.3. The summed E-state index contributed by atoms with van der Waals surface area (Å²) < 4.78 is 26.4. The number of nitrogens with zero attached hydrogens (tertiary/aromatic N) is 4. The topological polar surface area (TPSA) is 98.6 Å². The summed E-state index contributed by atoms with van der Waals surface area (Å²) in [5.41, 5.74) is 1.96. The number of aromatic nitrogens is 3. The van der Waals surface area contributed by atoms with Crippen molar-refractivity contribution in [3.63, 3.8) is 0 Å². The molecular weight excluding hydrogens is 513 g/mol. The van der Waals surface area contributed by atoms with E-state index in [1.165, 1.54) is 28.8 Å². The van der Waals surface area contributed by atoms with Crippen molar-refractivity contribution in [3.8, 4) is 11.5 Å². The van der Waals surface area contributed by atoms with Crippen molar-refractivity contribution in [3.05, 3.63) is 83.7 Å². The van der Waals surface area contributed by atoms with Crippen LogP contribution in [-0.4, -0.2) is 51.0 Å². The summed E-state index contributed by atoms with van der Waals surface area (Å²) >= 11 is 0. The second-order valence-corrected chi connectivity index (χ2v) is 10.4. The number of rotatable bonds is 10. The largest absolute Gasteiger partial charge is 0.493 e. The lowest BCUT2D eigenvalue weighted by Gasteiger charge is -2.34. The quantitative estimate of drug-likeness (QED) is 0.310. The van der Waals surface area contributed by atoms with Crippen LogP contribution in [0.3, 0.4) is 0 Å². The first-order valence-corrected chi connectivity index (χ1v) is 13.0. The van der Waals surface area contributed by atoms with Crippen LogP contribution in [0.5, 0.6) is 11.5 Å². The van der Waals surface area contributed by atoms with Gasteiger partial charge in [-0.2, -0.15) is 0 Å². The Hall–Kier alpha value is -4.47. The van der Waals surface area contributed by atoms with Crippen LogP contribution < -0.4 is 14.8 Å². The molecule has 0 saturated heterocycles. The van der Waals surface area contributed by atoms with E-state index in [-0.39, 0.29) is 24.9 Å². The molecule has 3 aromatic carbocycles. The van der Waals surface area contributed by atoms with E-state index in [1.807, 2.05) is 52.0 Å². The molecule has 40 heavy (non-hydrogen) atoms. The Labute approximate surface area is 232 Å². The molecule has 210 valence electrons. The van der Waals surface area contributed by atoms with Gasteiger partial charge in [0.1, 0.15) is 23.9 Å². The molecule has 0 aliphatic rings. The van der Waals surface area contributed by atoms with E-state index < -0.39 is 17.4 Å². The smallest absolute Gasteiger partial charge is 0.247 e. The molecule has 1 atom stereocenters. The van der Waals surface area contributed by atoms with Crippen molar-refractivity contribution in [1.82, 2.24) is 25.2 Å². The minimum atomic E-state index is -1.05. The highest BCUT2D eigenvalue weighted by molar-refractivity contribution is 5.89. The minimum absolute atomic E-state index is 0.0451. The molecule has 4 rings (SSSR count). The van der Waals surface area contributed by atoms with Gasteiger partial charge in [-0.1, -0.05) is 35.5 Å². The molecule has 0 unspecified atom stereocenters. The van der Waals surface area contributed by atoms with Crippen molar-refractivity contribution in [2.45, 2.75) is 52.4 Å². The van der Waals surface area contributed by atoms with Gasteiger partial charge in [-0.25, -0.2) is 9.07 Å². The summed E-state index contributed by atoms with van der Waals surface area (Å²) in [6, 6.07) is 17.3. The summed E-state index contributed by atoms with van der Waals surface area (Å²) in [4.78, 5) is 29.4. The maximum absolute atomic E-state index is 14.1. The third kappa shape index (κ3) is 6.74. The molecule has 0 radical (unpaired) electrons. The molecule has 0 saturated carbocycles. The lowest BCUT2D eigenvalue weighted by Crippen LogP contribution is -2.49. The van der Waals surface area contributed by atoms with Gasteiger partial charge in [-0.3, -0.25) is 9.59 Å². The highest BCUT2D eigenvalue weighted by Gasteiger charge is 2.34. The fourth-order valence-electron chi connectivity index (χ4n) is 4.40. The maximum atomic E-state index is 14.1. The predicted molar refractivity (Wildman–Crippen MR) is 149 cm³/mol. The van der Waals surface area contributed by atoms with Crippen LogP contribution >= 0.6 is 0 Å². The van der Waals surface area contributed by atoms with Gasteiger partial charge < -0.3 is 19.7 Å². The van der Waals surface area contributed by atoms with Gasteiger partial charge in [0.2, 0.25) is 11.8 Å². The highest BCUT2D eigenvalue weighted by atomic mass is 19.1. The zero-order valence-corrected chi connectivity index (χ0v) is 23.3. The number of para-hydroxylation sites is 1. The van der Waals surface area contributed by atoms with Crippen LogP contribution in [-0.2, 0) is 22.7 Å². The Morgan fingerprint density at radius 1 is 1.05 bits per heavy atom. The Bertz CT molecular complexity index is 1480. The fourth-order valence-corrected chi connectivity index (χ4v) is 4.40. The molecular formula is C30H34FN5O4. The van der Waals surface area contributed by atoms with Gasteiger partial charge in [0.25, 0.3) is 0 Å². The molecule has 1 aromatic heterocycles. The van der Waals surface area contributed by atoms with E-state index in [1.54, 1.807) is 30.3 Å². The van der Waals surface area contributed by atoms with E-state index in [2.05, 4.69) is 15.6 Å². The molecule has 0 aliphatic carbocycles. The molecule has 4 aromatic rings. The normalized spacial score (nSPS) is 12.2. The fraction of sp³-hybridized carbons (Fsp3) is 0.333. The average molecular weight is 548 g/mol. The number of fused-ring (bicyclic) bond motifs is 1. The zero-order chi connectivity index (χ0) is 28.9. The van der Waals surface area contributed by atoms with Crippen LogP contribution in [0.1, 0.15) is 44.9 Å². The zero-order valence-electron chi connectivity index (χ0n) is 23.3. The third-order valence-electron chi connectivity index (χ3n) is 6.15. The number of benzene rings is 3. The van der Waals surface area contributed by atoms with E-state index in [9.17, 15) is 14.0 Å². The second-order valence-electron chi connectivity index (χ2n) is 10.4. The van der Waals surface area contributed by atoms with Gasteiger partial charge in [0, 0.05) is 12.1 Å². The first-order chi connectivity index (χ1) is 19.1. The molecule has 10 heteroatoms. The summed E-state index contributed by atoms with van der Waals surface area (Å²) in [6.45, 7) is 7.80. The third-order valence-corrected chi connectivity index (χ3v) is 6.15. The van der Waals surface area contributed by atoms with Crippen molar-refractivity contribution < 1.29 is 23.5 Å². The van der Waals surface area contributed by atoms with Crippen LogP contribution in [0.25, 0.3) is 11.0 Å². The number of ether oxygens (including phenoxy) is 2. The van der Waals surface area contributed by atoms with Gasteiger partial charge in [0.05, 0.1) is 19.2 Å². The summed E-state index contributed by atoms with van der Waals surface area (Å²) in [5.74, 6) is -0.188. The standard InChI is InChI=1S/C30H34FN5O4/c1-6-40-25-16-13-21(17-26(25)39-5)28(29(38)32-30(2,3)4)35(18-20-11-14-22(31)15-12-20)27(37)19-36-24-10-8-7-9-23(24)33-34-36/h7-17,28H,6,18-19H2,1-5H3,(H,32,38)/t28-/m0/s1. The van der Waals surface area contributed by atoms with Gasteiger partial charge >= 0.3 is 0 Å². The highest BCUT2D eigenvalue weighted by Crippen LogP contribution is 2.34. The van der Waals surface area contributed by atoms with E-state index in [0.717, 1.165) is 0 Å². The number of carbonyl (C=O) groups excluding carboxylic acids is 2.